The molecular weight excluding hydrogens is 395 g/mol. The van der Waals surface area contributed by atoms with Crippen LogP contribution in [0.15, 0.2) is 48.5 Å². The van der Waals surface area contributed by atoms with Gasteiger partial charge in [-0.05, 0) is 36.8 Å². The van der Waals surface area contributed by atoms with Gasteiger partial charge in [0.2, 0.25) is 0 Å². The van der Waals surface area contributed by atoms with Gasteiger partial charge in [0.05, 0.1) is 15.0 Å². The highest BCUT2D eigenvalue weighted by Gasteiger charge is 2.20. The summed E-state index contributed by atoms with van der Waals surface area (Å²) in [5.74, 6) is -1.45. The van der Waals surface area contributed by atoms with E-state index < -0.39 is 22.9 Å². The van der Waals surface area contributed by atoms with E-state index in [1.807, 2.05) is 0 Å². The SMILES string of the molecule is C[C@H](OC(=O)/C=C/c1ccc(Cl)c(Cl)c1)C(=O)Nc1ccccc1[N+](=O)[O-]. The second-order valence-corrected chi connectivity index (χ2v) is 6.16. The Balaban J connectivity index is 1.97. The van der Waals surface area contributed by atoms with Crippen molar-refractivity contribution in [2.45, 2.75) is 13.0 Å². The molecule has 1 amide bonds. The van der Waals surface area contributed by atoms with Gasteiger partial charge in [0.25, 0.3) is 11.6 Å². The maximum atomic E-state index is 12.1. The Hall–Kier alpha value is -2.90. The lowest BCUT2D eigenvalue weighted by Gasteiger charge is -2.12. The fourth-order valence-electron chi connectivity index (χ4n) is 2.02. The number of halogens is 2. The van der Waals surface area contributed by atoms with Crippen LogP contribution in [0.25, 0.3) is 6.08 Å². The number of para-hydroxylation sites is 2. The monoisotopic (exact) mass is 408 g/mol. The van der Waals surface area contributed by atoms with Crippen molar-refractivity contribution in [1.82, 2.24) is 0 Å². The molecule has 0 saturated carbocycles. The van der Waals surface area contributed by atoms with Crippen LogP contribution in [-0.2, 0) is 14.3 Å². The Morgan fingerprint density at radius 1 is 1.19 bits per heavy atom. The van der Waals surface area contributed by atoms with Crippen LogP contribution in [0.1, 0.15) is 12.5 Å². The number of carbonyl (C=O) groups is 2. The first kappa shape index (κ1) is 20.4. The molecule has 0 fully saturated rings. The van der Waals surface area contributed by atoms with E-state index in [9.17, 15) is 19.7 Å². The number of nitrogens with zero attached hydrogens (tertiary/aromatic N) is 1. The van der Waals surface area contributed by atoms with E-state index in [1.54, 1.807) is 24.3 Å². The van der Waals surface area contributed by atoms with E-state index >= 15 is 0 Å². The van der Waals surface area contributed by atoms with Crippen LogP contribution >= 0.6 is 23.2 Å². The predicted octanol–water partition coefficient (Wildman–Crippen LogP) is 4.49. The van der Waals surface area contributed by atoms with E-state index in [1.165, 1.54) is 31.2 Å². The van der Waals surface area contributed by atoms with E-state index in [0.717, 1.165) is 6.08 Å². The predicted molar refractivity (Wildman–Crippen MR) is 103 cm³/mol. The molecule has 27 heavy (non-hydrogen) atoms. The van der Waals surface area contributed by atoms with Crippen molar-refractivity contribution < 1.29 is 19.2 Å². The van der Waals surface area contributed by atoms with Crippen LogP contribution in [0, 0.1) is 10.1 Å². The first-order valence-electron chi connectivity index (χ1n) is 7.66. The lowest BCUT2D eigenvalue weighted by molar-refractivity contribution is -0.383. The van der Waals surface area contributed by atoms with Crippen LogP contribution in [0.3, 0.4) is 0 Å². The third-order valence-electron chi connectivity index (χ3n) is 3.38. The molecule has 0 heterocycles. The number of amides is 1. The van der Waals surface area contributed by atoms with Gasteiger partial charge >= 0.3 is 5.97 Å². The molecule has 0 aliphatic rings. The molecule has 2 rings (SSSR count). The second-order valence-electron chi connectivity index (χ2n) is 5.35. The summed E-state index contributed by atoms with van der Waals surface area (Å²) in [6.45, 7) is 1.36. The highest BCUT2D eigenvalue weighted by molar-refractivity contribution is 6.42. The smallest absolute Gasteiger partial charge is 0.331 e. The van der Waals surface area contributed by atoms with E-state index in [4.69, 9.17) is 27.9 Å². The molecule has 0 radical (unpaired) electrons. The van der Waals surface area contributed by atoms with Gasteiger partial charge in [-0.2, -0.15) is 0 Å². The number of esters is 1. The maximum absolute atomic E-state index is 12.1. The van der Waals surface area contributed by atoms with Crippen molar-refractivity contribution in [2.24, 2.45) is 0 Å². The van der Waals surface area contributed by atoms with Crippen molar-refractivity contribution in [3.63, 3.8) is 0 Å². The number of anilines is 1. The van der Waals surface area contributed by atoms with Crippen molar-refractivity contribution in [2.75, 3.05) is 5.32 Å². The standard InChI is InChI=1S/C18H14Cl2N2O5/c1-11(18(24)21-15-4-2-3-5-16(15)22(25)26)27-17(23)9-7-12-6-8-13(19)14(20)10-12/h2-11H,1H3,(H,21,24)/b9-7+/t11-/m0/s1. The van der Waals surface area contributed by atoms with Gasteiger partial charge in [0.15, 0.2) is 6.10 Å². The fourth-order valence-corrected chi connectivity index (χ4v) is 2.33. The molecule has 0 aliphatic carbocycles. The minimum atomic E-state index is -1.16. The number of carbonyl (C=O) groups excluding carboxylic acids is 2. The minimum absolute atomic E-state index is 0.0155. The third-order valence-corrected chi connectivity index (χ3v) is 4.12. The van der Waals surface area contributed by atoms with Crippen LogP contribution in [0.5, 0.6) is 0 Å². The van der Waals surface area contributed by atoms with Crippen molar-refractivity contribution in [3.8, 4) is 0 Å². The fraction of sp³-hybridized carbons (Fsp3) is 0.111. The highest BCUT2D eigenvalue weighted by Crippen LogP contribution is 2.24. The zero-order valence-electron chi connectivity index (χ0n) is 14.0. The van der Waals surface area contributed by atoms with Gasteiger partial charge in [-0.3, -0.25) is 14.9 Å². The molecule has 9 heteroatoms. The van der Waals surface area contributed by atoms with Gasteiger partial charge in [-0.15, -0.1) is 0 Å². The Kier molecular flexibility index (Phi) is 6.92. The molecule has 0 saturated heterocycles. The number of hydrogen-bond acceptors (Lipinski definition) is 5. The lowest BCUT2D eigenvalue weighted by Crippen LogP contribution is -2.29. The number of nitro groups is 1. The van der Waals surface area contributed by atoms with Gasteiger partial charge < -0.3 is 10.1 Å². The average Bonchev–Trinajstić information content (AvgIpc) is 2.63. The molecule has 0 aromatic heterocycles. The topological polar surface area (TPSA) is 98.5 Å². The van der Waals surface area contributed by atoms with E-state index in [2.05, 4.69) is 5.32 Å². The summed E-state index contributed by atoms with van der Waals surface area (Å²) in [5, 5.41) is 14.1. The molecule has 2 aromatic rings. The van der Waals surface area contributed by atoms with Crippen LogP contribution < -0.4 is 5.32 Å². The van der Waals surface area contributed by atoms with Gasteiger partial charge in [0, 0.05) is 12.1 Å². The van der Waals surface area contributed by atoms with E-state index in [0.29, 0.717) is 15.6 Å². The number of nitro benzene ring substituents is 1. The summed E-state index contributed by atoms with van der Waals surface area (Å²) in [6, 6.07) is 10.5. The van der Waals surface area contributed by atoms with Crippen LogP contribution in [0.2, 0.25) is 10.0 Å². The largest absolute Gasteiger partial charge is 0.449 e. The number of benzene rings is 2. The maximum Gasteiger partial charge on any atom is 0.331 e. The zero-order valence-corrected chi connectivity index (χ0v) is 15.5. The Labute approximate surface area is 164 Å². The third kappa shape index (κ3) is 5.80. The summed E-state index contributed by atoms with van der Waals surface area (Å²) >= 11 is 11.7. The van der Waals surface area contributed by atoms with Crippen molar-refractivity contribution >= 4 is 52.5 Å². The Morgan fingerprint density at radius 3 is 2.56 bits per heavy atom. The van der Waals surface area contributed by atoms with Gasteiger partial charge in [-0.25, -0.2) is 4.79 Å². The molecule has 1 atom stereocenters. The van der Waals surface area contributed by atoms with Gasteiger partial charge in [0.1, 0.15) is 5.69 Å². The summed E-state index contributed by atoms with van der Waals surface area (Å²) in [7, 11) is 0. The molecular formula is C18H14Cl2N2O5. The molecule has 2 aromatic carbocycles. The summed E-state index contributed by atoms with van der Waals surface area (Å²) in [5.41, 5.74) is 0.379. The van der Waals surface area contributed by atoms with Crippen molar-refractivity contribution in [1.29, 1.82) is 0 Å². The average molecular weight is 409 g/mol. The van der Waals surface area contributed by atoms with Crippen LogP contribution in [0.4, 0.5) is 11.4 Å². The summed E-state index contributed by atoms with van der Waals surface area (Å²) in [4.78, 5) is 34.3. The number of ether oxygens (including phenoxy) is 1. The first-order chi connectivity index (χ1) is 12.8. The zero-order chi connectivity index (χ0) is 20.0. The first-order valence-corrected chi connectivity index (χ1v) is 8.41. The van der Waals surface area contributed by atoms with Crippen molar-refractivity contribution in [3.05, 3.63) is 74.3 Å². The summed E-state index contributed by atoms with van der Waals surface area (Å²) < 4.78 is 4.99. The lowest BCUT2D eigenvalue weighted by atomic mass is 10.2. The second kappa shape index (κ2) is 9.16. The highest BCUT2D eigenvalue weighted by atomic mass is 35.5. The van der Waals surface area contributed by atoms with E-state index in [-0.39, 0.29) is 11.4 Å². The molecule has 0 bridgehead atoms. The number of hydrogen-bond donors (Lipinski definition) is 1. The molecule has 1 N–H and O–H groups in total. The van der Waals surface area contributed by atoms with Gasteiger partial charge in [-0.1, -0.05) is 41.4 Å². The molecule has 140 valence electrons. The Morgan fingerprint density at radius 2 is 1.89 bits per heavy atom. The molecule has 0 unspecified atom stereocenters. The van der Waals surface area contributed by atoms with Crippen LogP contribution in [-0.4, -0.2) is 22.9 Å². The number of rotatable bonds is 6. The summed E-state index contributed by atoms with van der Waals surface area (Å²) in [6.07, 6.45) is 1.43. The molecule has 7 nitrogen and oxygen atoms in total. The minimum Gasteiger partial charge on any atom is -0.449 e. The normalized spacial score (nSPS) is 11.8. The Bertz CT molecular complexity index is 914. The quantitative estimate of drug-likeness (QED) is 0.328. The molecule has 0 spiro atoms. The molecule has 0 aliphatic heterocycles. The number of nitrogens with one attached hydrogen (secondary N) is 1.